The average molecular weight is 685 g/mol. The highest BCUT2D eigenvalue weighted by atomic mass is 32.2. The predicted molar refractivity (Wildman–Crippen MR) is 175 cm³/mol. The Labute approximate surface area is 275 Å². The number of ketones is 1. The van der Waals surface area contributed by atoms with Gasteiger partial charge in [-0.3, -0.25) is 9.52 Å². The minimum atomic E-state index is -4.34. The molecule has 4 aromatic rings. The number of amides is 1. The Kier molecular flexibility index (Phi) is 8.85. The second-order valence-electron chi connectivity index (χ2n) is 12.8. The number of halogens is 3. The van der Waals surface area contributed by atoms with Crippen LogP contribution in [-0.2, 0) is 14.9 Å². The standard InChI is InChI=1S/C33H35F3N6O5S/c1-33(2,3)47-32(44)41-14-12-40(13-15-41)23-6-4-20(5-7-23)21-16-24-25(18-38-31(24)37-17-21)30(43)28-26(35)8-9-27(29(28)36)39-48(45,46)42-11-10-22(34)19-42/h4-9,16-18,22,39H,10-15,19H2,1-3H3,(H,37,38)/t22-/m1/s1. The Morgan fingerprint density at radius 1 is 1.00 bits per heavy atom. The molecule has 2 aromatic carbocycles. The first kappa shape index (κ1) is 33.3. The van der Waals surface area contributed by atoms with Crippen LogP contribution in [-0.4, -0.2) is 90.5 Å². The number of carbonyl (C=O) groups is 2. The largest absolute Gasteiger partial charge is 0.444 e. The van der Waals surface area contributed by atoms with Crippen molar-refractivity contribution < 1.29 is 35.9 Å². The number of H-pyrrole nitrogens is 1. The summed E-state index contributed by atoms with van der Waals surface area (Å²) in [5, 5.41) is 0.315. The fourth-order valence-corrected chi connectivity index (χ4v) is 7.04. The molecule has 6 rings (SSSR count). The molecule has 0 radical (unpaired) electrons. The zero-order valence-electron chi connectivity index (χ0n) is 26.6. The molecule has 4 heterocycles. The number of benzene rings is 2. The summed E-state index contributed by atoms with van der Waals surface area (Å²) in [6, 6.07) is 11.0. The van der Waals surface area contributed by atoms with Crippen molar-refractivity contribution in [2.24, 2.45) is 0 Å². The van der Waals surface area contributed by atoms with Crippen molar-refractivity contribution in [3.8, 4) is 11.1 Å². The van der Waals surface area contributed by atoms with E-state index in [1.807, 2.05) is 49.8 Å². The summed E-state index contributed by atoms with van der Waals surface area (Å²) in [4.78, 5) is 37.1. The molecule has 2 aliphatic heterocycles. The highest BCUT2D eigenvalue weighted by Crippen LogP contribution is 2.31. The Bertz CT molecular complexity index is 1970. The molecular formula is C33H35F3N6O5S. The molecule has 0 spiro atoms. The van der Waals surface area contributed by atoms with E-state index in [0.717, 1.165) is 27.7 Å². The van der Waals surface area contributed by atoms with Crippen LogP contribution >= 0.6 is 0 Å². The Balaban J connectivity index is 1.20. The minimum Gasteiger partial charge on any atom is -0.444 e. The smallest absolute Gasteiger partial charge is 0.410 e. The highest BCUT2D eigenvalue weighted by molar-refractivity contribution is 7.90. The molecule has 15 heteroatoms. The number of nitrogens with one attached hydrogen (secondary N) is 2. The Hall–Kier alpha value is -4.63. The van der Waals surface area contributed by atoms with E-state index in [1.165, 1.54) is 6.20 Å². The third kappa shape index (κ3) is 6.83. The van der Waals surface area contributed by atoms with E-state index in [0.29, 0.717) is 42.8 Å². The van der Waals surface area contributed by atoms with Crippen LogP contribution in [0.5, 0.6) is 0 Å². The lowest BCUT2D eigenvalue weighted by atomic mass is 9.99. The third-order valence-electron chi connectivity index (χ3n) is 8.26. The highest BCUT2D eigenvalue weighted by Gasteiger charge is 2.33. The van der Waals surface area contributed by atoms with Crippen molar-refractivity contribution in [1.29, 1.82) is 0 Å². The van der Waals surface area contributed by atoms with Gasteiger partial charge in [0.15, 0.2) is 5.82 Å². The molecule has 0 saturated carbocycles. The summed E-state index contributed by atoms with van der Waals surface area (Å²) in [7, 11) is -4.34. The van der Waals surface area contributed by atoms with Gasteiger partial charge >= 0.3 is 16.3 Å². The second kappa shape index (κ2) is 12.8. The van der Waals surface area contributed by atoms with E-state index in [2.05, 4.69) is 14.9 Å². The first-order chi connectivity index (χ1) is 22.7. The number of piperazine rings is 1. The molecule has 0 aliphatic carbocycles. The van der Waals surface area contributed by atoms with Crippen LogP contribution < -0.4 is 9.62 Å². The van der Waals surface area contributed by atoms with Crippen LogP contribution in [0.1, 0.15) is 43.1 Å². The second-order valence-corrected chi connectivity index (χ2v) is 14.5. The number of hydrogen-bond donors (Lipinski definition) is 2. The van der Waals surface area contributed by atoms with E-state index in [9.17, 15) is 26.8 Å². The number of rotatable bonds is 7. The maximum atomic E-state index is 15.6. The van der Waals surface area contributed by atoms with Gasteiger partial charge < -0.3 is 19.5 Å². The number of nitrogens with zero attached hydrogens (tertiary/aromatic N) is 4. The topological polar surface area (TPSA) is 128 Å². The zero-order chi connectivity index (χ0) is 34.4. The first-order valence-electron chi connectivity index (χ1n) is 15.5. The number of fused-ring (bicyclic) bond motifs is 1. The van der Waals surface area contributed by atoms with E-state index in [-0.39, 0.29) is 31.2 Å². The fraction of sp³-hybridized carbons (Fsp3) is 0.364. The number of ether oxygens (including phenoxy) is 1. The number of alkyl halides is 1. The van der Waals surface area contributed by atoms with Gasteiger partial charge in [0, 0.05) is 73.9 Å². The SMILES string of the molecule is CC(C)(C)OC(=O)N1CCN(c2ccc(-c3cnc4[nH]cc(C(=O)c5c(F)ccc(NS(=O)(=O)N6CC[C@@H](F)C6)c5F)c4c3)cc2)CC1. The fourth-order valence-electron chi connectivity index (χ4n) is 5.77. The summed E-state index contributed by atoms with van der Waals surface area (Å²) >= 11 is 0. The lowest BCUT2D eigenvalue weighted by Crippen LogP contribution is -2.50. The molecule has 2 fully saturated rings. The predicted octanol–water partition coefficient (Wildman–Crippen LogP) is 5.50. The number of aromatic nitrogens is 2. The number of hydrogen-bond acceptors (Lipinski definition) is 7. The third-order valence-corrected chi connectivity index (χ3v) is 9.75. The Morgan fingerprint density at radius 2 is 1.71 bits per heavy atom. The molecule has 0 unspecified atom stereocenters. The maximum absolute atomic E-state index is 15.6. The zero-order valence-corrected chi connectivity index (χ0v) is 27.4. The lowest BCUT2D eigenvalue weighted by molar-refractivity contribution is 0.0240. The molecule has 2 aromatic heterocycles. The normalized spacial score (nSPS) is 17.6. The molecule has 1 atom stereocenters. The quantitative estimate of drug-likeness (QED) is 0.246. The Morgan fingerprint density at radius 3 is 2.35 bits per heavy atom. The molecule has 2 N–H and O–H groups in total. The minimum absolute atomic E-state index is 0.00591. The summed E-state index contributed by atoms with van der Waals surface area (Å²) in [6.45, 7) is 7.33. The first-order valence-corrected chi connectivity index (χ1v) is 16.9. The van der Waals surface area contributed by atoms with Gasteiger partial charge in [0.05, 0.1) is 11.3 Å². The van der Waals surface area contributed by atoms with Crippen LogP contribution in [0.15, 0.2) is 54.9 Å². The summed E-state index contributed by atoms with van der Waals surface area (Å²) < 4.78 is 77.9. The monoisotopic (exact) mass is 684 g/mol. The molecule has 2 saturated heterocycles. The number of aromatic amines is 1. The van der Waals surface area contributed by atoms with Crippen LogP contribution in [0.2, 0.25) is 0 Å². The van der Waals surface area contributed by atoms with Crippen LogP contribution in [0.3, 0.4) is 0 Å². The number of carbonyl (C=O) groups excluding carboxylic acids is 2. The van der Waals surface area contributed by atoms with Crippen molar-refractivity contribution >= 4 is 44.5 Å². The van der Waals surface area contributed by atoms with Crippen molar-refractivity contribution in [1.82, 2.24) is 19.2 Å². The lowest BCUT2D eigenvalue weighted by Gasteiger charge is -2.36. The number of pyridine rings is 1. The summed E-state index contributed by atoms with van der Waals surface area (Å²) in [5.74, 6) is -3.57. The van der Waals surface area contributed by atoms with E-state index in [1.54, 1.807) is 17.2 Å². The van der Waals surface area contributed by atoms with Crippen molar-refractivity contribution in [3.05, 3.63) is 77.6 Å². The average Bonchev–Trinajstić information content (AvgIpc) is 3.68. The summed E-state index contributed by atoms with van der Waals surface area (Å²) in [6.07, 6.45) is 1.24. The van der Waals surface area contributed by atoms with Crippen molar-refractivity contribution in [3.63, 3.8) is 0 Å². The molecule has 254 valence electrons. The molecular weight excluding hydrogens is 649 g/mol. The van der Waals surface area contributed by atoms with Crippen molar-refractivity contribution in [2.75, 3.05) is 48.9 Å². The summed E-state index contributed by atoms with van der Waals surface area (Å²) in [5.41, 5.74) is 0.514. The van der Waals surface area contributed by atoms with Crippen LogP contribution in [0.4, 0.5) is 29.3 Å². The van der Waals surface area contributed by atoms with E-state index < -0.39 is 50.7 Å². The van der Waals surface area contributed by atoms with E-state index >= 15 is 4.39 Å². The van der Waals surface area contributed by atoms with Crippen molar-refractivity contribution in [2.45, 2.75) is 39.0 Å². The number of anilines is 2. The van der Waals surface area contributed by atoms with Gasteiger partial charge in [0.25, 0.3) is 0 Å². The molecule has 1 amide bonds. The molecule has 2 aliphatic rings. The maximum Gasteiger partial charge on any atom is 0.410 e. The van der Waals surface area contributed by atoms with Gasteiger partial charge in [-0.2, -0.15) is 12.7 Å². The molecule has 0 bridgehead atoms. The van der Waals surface area contributed by atoms with Gasteiger partial charge in [-0.25, -0.2) is 22.9 Å². The molecule has 48 heavy (non-hydrogen) atoms. The van der Waals surface area contributed by atoms with Gasteiger partial charge in [0.2, 0.25) is 5.78 Å². The van der Waals surface area contributed by atoms with Crippen LogP contribution in [0.25, 0.3) is 22.2 Å². The van der Waals surface area contributed by atoms with Crippen LogP contribution in [0, 0.1) is 11.6 Å². The molecule has 11 nitrogen and oxygen atoms in total. The van der Waals surface area contributed by atoms with Gasteiger partial charge in [-0.15, -0.1) is 0 Å². The van der Waals surface area contributed by atoms with E-state index in [4.69, 9.17) is 4.74 Å². The van der Waals surface area contributed by atoms with Gasteiger partial charge in [0.1, 0.15) is 23.2 Å². The van der Waals surface area contributed by atoms with Gasteiger partial charge in [-0.05, 0) is 63.1 Å². The van der Waals surface area contributed by atoms with Gasteiger partial charge in [-0.1, -0.05) is 12.1 Å².